The minimum atomic E-state index is -0.566. The molecule has 0 aliphatic heterocycles. The molecule has 0 spiro atoms. The molecule has 2 aromatic rings. The molecular formula is C17H13ClO. The van der Waals surface area contributed by atoms with E-state index in [1.54, 1.807) is 0 Å². The van der Waals surface area contributed by atoms with Gasteiger partial charge in [0.25, 0.3) is 0 Å². The van der Waals surface area contributed by atoms with Crippen molar-refractivity contribution in [2.24, 2.45) is 0 Å². The quantitative estimate of drug-likeness (QED) is 0.839. The second-order valence-electron chi connectivity index (χ2n) is 5.23. The highest BCUT2D eigenvalue weighted by atomic mass is 35.5. The zero-order chi connectivity index (χ0) is 13.0. The predicted molar refractivity (Wildman–Crippen MR) is 76.5 cm³/mol. The summed E-state index contributed by atoms with van der Waals surface area (Å²) in [4.78, 5) is 0. The summed E-state index contributed by atoms with van der Waals surface area (Å²) in [6.45, 7) is 0.00306. The van der Waals surface area contributed by atoms with Gasteiger partial charge in [-0.05, 0) is 22.3 Å². The van der Waals surface area contributed by atoms with Crippen LogP contribution in [-0.4, -0.2) is 11.7 Å². The smallest absolute Gasteiger partial charge is 0.0792 e. The van der Waals surface area contributed by atoms with Crippen LogP contribution >= 0.6 is 11.6 Å². The van der Waals surface area contributed by atoms with Crippen molar-refractivity contribution < 1.29 is 5.11 Å². The maximum Gasteiger partial charge on any atom is 0.0792 e. The highest BCUT2D eigenvalue weighted by Gasteiger charge is 2.48. The Balaban J connectivity index is 2.15. The minimum absolute atomic E-state index is 0.00306. The Morgan fingerprint density at radius 3 is 2.00 bits per heavy atom. The van der Waals surface area contributed by atoms with E-state index in [0.29, 0.717) is 0 Å². The first-order valence-corrected chi connectivity index (χ1v) is 6.84. The van der Waals surface area contributed by atoms with Gasteiger partial charge < -0.3 is 5.11 Å². The number of aliphatic hydroxyl groups excluding tert-OH is 1. The van der Waals surface area contributed by atoms with Crippen LogP contribution in [0.15, 0.2) is 59.6 Å². The van der Waals surface area contributed by atoms with Crippen molar-refractivity contribution in [3.63, 3.8) is 0 Å². The van der Waals surface area contributed by atoms with E-state index in [0.717, 1.165) is 16.2 Å². The molecule has 1 N–H and O–H groups in total. The first kappa shape index (κ1) is 11.3. The predicted octanol–water partition coefficient (Wildman–Crippen LogP) is 3.55. The maximum atomic E-state index is 10.1. The summed E-state index contributed by atoms with van der Waals surface area (Å²) in [5.41, 5.74) is 4.26. The van der Waals surface area contributed by atoms with Gasteiger partial charge in [-0.25, -0.2) is 0 Å². The van der Waals surface area contributed by atoms with E-state index >= 15 is 0 Å². The molecule has 0 radical (unpaired) electrons. The van der Waals surface area contributed by atoms with E-state index in [1.165, 1.54) is 11.1 Å². The molecule has 0 saturated carbocycles. The molecule has 0 atom stereocenters. The van der Waals surface area contributed by atoms with E-state index < -0.39 is 5.41 Å². The molecule has 0 unspecified atom stereocenters. The standard InChI is InChI=1S/C17H13ClO/c18-16-9-13-11-5-1-3-7-14(11)17(16,10-19)15-8-4-2-6-12(13)15/h1-9,13,19H,10H2. The van der Waals surface area contributed by atoms with Crippen LogP contribution in [0.3, 0.4) is 0 Å². The highest BCUT2D eigenvalue weighted by molar-refractivity contribution is 6.31. The summed E-state index contributed by atoms with van der Waals surface area (Å²) < 4.78 is 0. The fourth-order valence-electron chi connectivity index (χ4n) is 3.60. The van der Waals surface area contributed by atoms with Crippen LogP contribution in [0.4, 0.5) is 0 Å². The number of benzene rings is 2. The molecule has 19 heavy (non-hydrogen) atoms. The minimum Gasteiger partial charge on any atom is -0.395 e. The normalized spacial score (nSPS) is 26.6. The number of allylic oxidation sites excluding steroid dienone is 1. The van der Waals surface area contributed by atoms with Gasteiger partial charge in [-0.3, -0.25) is 0 Å². The maximum absolute atomic E-state index is 10.1. The van der Waals surface area contributed by atoms with Crippen molar-refractivity contribution in [1.29, 1.82) is 0 Å². The Kier molecular flexibility index (Phi) is 2.21. The Morgan fingerprint density at radius 1 is 0.947 bits per heavy atom. The second-order valence-corrected chi connectivity index (χ2v) is 5.64. The second kappa shape index (κ2) is 3.72. The monoisotopic (exact) mass is 268 g/mol. The van der Waals surface area contributed by atoms with Gasteiger partial charge in [-0.15, -0.1) is 0 Å². The van der Waals surface area contributed by atoms with Crippen LogP contribution in [0.1, 0.15) is 28.2 Å². The summed E-state index contributed by atoms with van der Waals surface area (Å²) in [6, 6.07) is 16.6. The summed E-state index contributed by atoms with van der Waals surface area (Å²) >= 11 is 6.53. The third kappa shape index (κ3) is 1.20. The van der Waals surface area contributed by atoms with E-state index in [-0.39, 0.29) is 12.5 Å². The van der Waals surface area contributed by atoms with Crippen LogP contribution in [-0.2, 0) is 5.41 Å². The van der Waals surface area contributed by atoms with Gasteiger partial charge in [0.15, 0.2) is 0 Å². The number of halogens is 1. The van der Waals surface area contributed by atoms with Crippen LogP contribution < -0.4 is 0 Å². The van der Waals surface area contributed by atoms with E-state index in [2.05, 4.69) is 42.5 Å². The first-order chi connectivity index (χ1) is 9.29. The third-order valence-corrected chi connectivity index (χ3v) is 4.92. The molecule has 1 nitrogen and oxygen atoms in total. The van der Waals surface area contributed by atoms with E-state index in [1.807, 2.05) is 12.1 Å². The van der Waals surface area contributed by atoms with Crippen LogP contribution in [0, 0.1) is 0 Å². The lowest BCUT2D eigenvalue weighted by Crippen LogP contribution is -2.41. The first-order valence-electron chi connectivity index (χ1n) is 6.46. The number of hydrogen-bond donors (Lipinski definition) is 1. The Labute approximate surface area is 117 Å². The topological polar surface area (TPSA) is 20.2 Å². The van der Waals surface area contributed by atoms with Gasteiger partial charge >= 0.3 is 0 Å². The Morgan fingerprint density at radius 2 is 1.47 bits per heavy atom. The zero-order valence-corrected chi connectivity index (χ0v) is 11.1. The lowest BCUT2D eigenvalue weighted by Gasteiger charge is -2.46. The molecule has 3 aliphatic rings. The summed E-state index contributed by atoms with van der Waals surface area (Å²) in [5.74, 6) is 0.216. The highest BCUT2D eigenvalue weighted by Crippen LogP contribution is 2.56. The van der Waals surface area contributed by atoms with Gasteiger partial charge in [-0.2, -0.15) is 0 Å². The number of aliphatic hydroxyl groups is 1. The van der Waals surface area contributed by atoms with Gasteiger partial charge in [-0.1, -0.05) is 66.2 Å². The molecule has 0 heterocycles. The molecule has 94 valence electrons. The van der Waals surface area contributed by atoms with E-state index in [4.69, 9.17) is 11.6 Å². The van der Waals surface area contributed by atoms with Gasteiger partial charge in [0, 0.05) is 11.0 Å². The lowest BCUT2D eigenvalue weighted by molar-refractivity contribution is 0.238. The summed E-state index contributed by atoms with van der Waals surface area (Å²) in [7, 11) is 0. The molecule has 2 bridgehead atoms. The average Bonchev–Trinajstić information content (AvgIpc) is 2.48. The number of rotatable bonds is 1. The van der Waals surface area contributed by atoms with Gasteiger partial charge in [0.1, 0.15) is 0 Å². The molecule has 3 aliphatic carbocycles. The Bertz CT molecular complexity index is 654. The van der Waals surface area contributed by atoms with Crippen LogP contribution in [0.25, 0.3) is 0 Å². The number of hydrogen-bond acceptors (Lipinski definition) is 1. The van der Waals surface area contributed by atoms with Crippen LogP contribution in [0.5, 0.6) is 0 Å². The molecule has 0 aromatic heterocycles. The van der Waals surface area contributed by atoms with Gasteiger partial charge in [0.05, 0.1) is 12.0 Å². The van der Waals surface area contributed by atoms with Crippen molar-refractivity contribution in [2.75, 3.05) is 6.61 Å². The summed E-state index contributed by atoms with van der Waals surface area (Å²) in [6.07, 6.45) is 2.09. The molecular weight excluding hydrogens is 256 g/mol. The fourth-order valence-corrected chi connectivity index (χ4v) is 3.99. The zero-order valence-electron chi connectivity index (χ0n) is 10.3. The summed E-state index contributed by atoms with van der Waals surface area (Å²) in [5, 5.41) is 10.9. The van der Waals surface area contributed by atoms with Crippen molar-refractivity contribution in [3.05, 3.63) is 81.9 Å². The van der Waals surface area contributed by atoms with E-state index in [9.17, 15) is 5.11 Å². The van der Waals surface area contributed by atoms with Crippen LogP contribution in [0.2, 0.25) is 0 Å². The Hall–Kier alpha value is -1.57. The molecule has 2 heteroatoms. The largest absolute Gasteiger partial charge is 0.395 e. The molecule has 0 amide bonds. The SMILES string of the molecule is OCC12C(Cl)=CC(c3ccccc31)c1ccccc12. The van der Waals surface area contributed by atoms with Crippen molar-refractivity contribution >= 4 is 11.6 Å². The molecule has 5 rings (SSSR count). The average molecular weight is 269 g/mol. The third-order valence-electron chi connectivity index (χ3n) is 4.47. The molecule has 0 saturated heterocycles. The van der Waals surface area contributed by atoms with Gasteiger partial charge in [0.2, 0.25) is 0 Å². The lowest BCUT2D eigenvalue weighted by atomic mass is 9.59. The van der Waals surface area contributed by atoms with Crippen molar-refractivity contribution in [3.8, 4) is 0 Å². The molecule has 2 aromatic carbocycles. The van der Waals surface area contributed by atoms with Crippen molar-refractivity contribution in [2.45, 2.75) is 11.3 Å². The fraction of sp³-hybridized carbons (Fsp3) is 0.176. The molecule has 0 fully saturated rings. The van der Waals surface area contributed by atoms with Crippen molar-refractivity contribution in [1.82, 2.24) is 0 Å².